The first-order valence-electron chi connectivity index (χ1n) is 10.7. The topological polar surface area (TPSA) is 142 Å². The summed E-state index contributed by atoms with van der Waals surface area (Å²) in [6.07, 6.45) is -0.389. The van der Waals surface area contributed by atoms with Crippen molar-refractivity contribution in [1.82, 2.24) is 0 Å². The van der Waals surface area contributed by atoms with Gasteiger partial charge in [-0.15, -0.1) is 0 Å². The molecule has 7 atom stereocenters. The number of amides is 1. The predicted molar refractivity (Wildman–Crippen MR) is 116 cm³/mol. The van der Waals surface area contributed by atoms with Crippen LogP contribution in [-0.4, -0.2) is 69.6 Å². The fraction of sp³-hybridized carbons (Fsp3) is 0.522. The minimum atomic E-state index is -1.41. The molecule has 2 unspecified atom stereocenters. The van der Waals surface area contributed by atoms with E-state index < -0.39 is 49.1 Å². The molecule has 1 fully saturated rings. The van der Waals surface area contributed by atoms with Gasteiger partial charge in [0.2, 0.25) is 0 Å². The molecule has 32 heavy (non-hydrogen) atoms. The SMILES string of the molecule is NC(=O)C1CCc2cc(CC3=CC([C@@H]4O[C@H](CO)[C@@H](O)[C@H](O)[C@H]4O)CC=C3Cl)ccc2O1. The molecule has 0 bridgehead atoms. The summed E-state index contributed by atoms with van der Waals surface area (Å²) < 4.78 is 11.4. The molecular formula is C23H28ClNO7. The Kier molecular flexibility index (Phi) is 6.90. The van der Waals surface area contributed by atoms with Gasteiger partial charge in [-0.2, -0.15) is 0 Å². The lowest BCUT2D eigenvalue weighted by atomic mass is 9.82. The van der Waals surface area contributed by atoms with E-state index >= 15 is 0 Å². The minimum absolute atomic E-state index is 0.281. The van der Waals surface area contributed by atoms with E-state index in [9.17, 15) is 25.2 Å². The van der Waals surface area contributed by atoms with E-state index in [1.54, 1.807) is 0 Å². The lowest BCUT2D eigenvalue weighted by Crippen LogP contribution is -2.60. The Morgan fingerprint density at radius 1 is 1.19 bits per heavy atom. The van der Waals surface area contributed by atoms with Crippen molar-refractivity contribution in [3.05, 3.63) is 52.1 Å². The number of aryl methyl sites for hydroxylation is 1. The number of rotatable bonds is 5. The Morgan fingerprint density at radius 3 is 2.69 bits per heavy atom. The fourth-order valence-corrected chi connectivity index (χ4v) is 4.82. The second-order valence-corrected chi connectivity index (χ2v) is 9.01. The molecule has 0 saturated carbocycles. The quantitative estimate of drug-likeness (QED) is 0.421. The molecular weight excluding hydrogens is 438 g/mol. The number of carbonyl (C=O) groups is 1. The molecule has 3 aliphatic rings. The number of aliphatic hydroxyl groups is 4. The summed E-state index contributed by atoms with van der Waals surface area (Å²) in [5, 5.41) is 40.7. The van der Waals surface area contributed by atoms with Crippen LogP contribution in [0.3, 0.4) is 0 Å². The summed E-state index contributed by atoms with van der Waals surface area (Å²) in [6, 6.07) is 5.76. The van der Waals surface area contributed by atoms with Crippen molar-refractivity contribution in [2.24, 2.45) is 11.7 Å². The van der Waals surface area contributed by atoms with Gasteiger partial charge < -0.3 is 35.6 Å². The first kappa shape index (κ1) is 23.2. The maximum Gasteiger partial charge on any atom is 0.258 e. The number of hydrogen-bond donors (Lipinski definition) is 5. The monoisotopic (exact) mass is 465 g/mol. The number of primary amides is 1. The fourth-order valence-electron chi connectivity index (χ4n) is 4.61. The number of nitrogens with two attached hydrogens (primary N) is 1. The Bertz CT molecular complexity index is 931. The molecule has 8 nitrogen and oxygen atoms in total. The van der Waals surface area contributed by atoms with Crippen molar-refractivity contribution in [2.45, 2.75) is 62.3 Å². The summed E-state index contributed by atoms with van der Waals surface area (Å²) in [5.41, 5.74) is 8.21. The zero-order valence-corrected chi connectivity index (χ0v) is 18.2. The molecule has 1 aliphatic carbocycles. The first-order valence-corrected chi connectivity index (χ1v) is 11.1. The zero-order chi connectivity index (χ0) is 23.0. The van der Waals surface area contributed by atoms with Crippen LogP contribution in [0.4, 0.5) is 0 Å². The average Bonchev–Trinajstić information content (AvgIpc) is 2.79. The van der Waals surface area contributed by atoms with Crippen molar-refractivity contribution in [3.8, 4) is 5.75 Å². The standard InChI is InChI=1S/C23H28ClNO7/c24-15-4-2-13(22-21(29)20(28)19(27)18(10-26)32-22)9-14(15)8-11-1-5-16-12(7-11)3-6-17(31-16)23(25)30/h1,4-5,7,9,13,17-22,26-29H,2-3,6,8,10H2,(H2,25,30)/t13?,17?,18-,19-,20+,21-,22+/m1/s1. The number of aliphatic hydroxyl groups excluding tert-OH is 4. The van der Waals surface area contributed by atoms with Gasteiger partial charge in [0.25, 0.3) is 5.91 Å². The number of halogens is 1. The summed E-state index contributed by atoms with van der Waals surface area (Å²) in [6.45, 7) is -0.463. The number of allylic oxidation sites excluding steroid dienone is 3. The first-order chi connectivity index (χ1) is 15.3. The summed E-state index contributed by atoms with van der Waals surface area (Å²) in [7, 11) is 0. The van der Waals surface area contributed by atoms with E-state index in [1.165, 1.54) is 0 Å². The van der Waals surface area contributed by atoms with Crippen LogP contribution < -0.4 is 10.5 Å². The molecule has 0 radical (unpaired) electrons. The van der Waals surface area contributed by atoms with Crippen molar-refractivity contribution < 1.29 is 34.7 Å². The van der Waals surface area contributed by atoms with Crippen LogP contribution in [0.15, 0.2) is 41.0 Å². The number of fused-ring (bicyclic) bond motifs is 1. The highest BCUT2D eigenvalue weighted by atomic mass is 35.5. The zero-order valence-electron chi connectivity index (χ0n) is 17.4. The predicted octanol–water partition coefficient (Wildman–Crippen LogP) is 0.319. The molecule has 0 aromatic heterocycles. The van der Waals surface area contributed by atoms with Crippen LogP contribution in [-0.2, 0) is 22.4 Å². The second-order valence-electron chi connectivity index (χ2n) is 8.60. The van der Waals surface area contributed by atoms with Crippen molar-refractivity contribution in [1.29, 1.82) is 0 Å². The van der Waals surface area contributed by atoms with Crippen molar-refractivity contribution >= 4 is 17.5 Å². The summed E-state index contributed by atoms with van der Waals surface area (Å²) in [5.74, 6) is -0.0958. The van der Waals surface area contributed by atoms with Crippen LogP contribution in [0, 0.1) is 5.92 Å². The van der Waals surface area contributed by atoms with Crippen LogP contribution in [0.2, 0.25) is 0 Å². The normalized spacial score (nSPS) is 34.7. The van der Waals surface area contributed by atoms with Crippen LogP contribution in [0.25, 0.3) is 0 Å². The largest absolute Gasteiger partial charge is 0.480 e. The van der Waals surface area contributed by atoms with Crippen molar-refractivity contribution in [3.63, 3.8) is 0 Å². The highest BCUT2D eigenvalue weighted by Gasteiger charge is 2.46. The Labute approximate surface area is 190 Å². The number of benzene rings is 1. The van der Waals surface area contributed by atoms with E-state index in [0.717, 1.165) is 16.7 Å². The third kappa shape index (κ3) is 4.57. The van der Waals surface area contributed by atoms with Gasteiger partial charge in [-0.25, -0.2) is 0 Å². The Hall–Kier alpha value is -1.94. The second kappa shape index (κ2) is 9.51. The number of hydrogen-bond acceptors (Lipinski definition) is 7. The van der Waals surface area contributed by atoms with Crippen LogP contribution >= 0.6 is 11.6 Å². The maximum atomic E-state index is 11.4. The van der Waals surface area contributed by atoms with E-state index in [4.69, 9.17) is 26.8 Å². The molecule has 2 heterocycles. The minimum Gasteiger partial charge on any atom is -0.480 e. The molecule has 4 rings (SSSR count). The van der Waals surface area contributed by atoms with Crippen LogP contribution in [0.5, 0.6) is 5.75 Å². The van der Waals surface area contributed by atoms with E-state index in [-0.39, 0.29) is 5.92 Å². The molecule has 1 saturated heterocycles. The molecule has 174 valence electrons. The van der Waals surface area contributed by atoms with E-state index in [0.29, 0.717) is 36.5 Å². The van der Waals surface area contributed by atoms with E-state index in [2.05, 4.69) is 0 Å². The van der Waals surface area contributed by atoms with Crippen LogP contribution in [0.1, 0.15) is 24.0 Å². The molecule has 0 spiro atoms. The van der Waals surface area contributed by atoms with Gasteiger partial charge in [-0.1, -0.05) is 35.9 Å². The van der Waals surface area contributed by atoms with Gasteiger partial charge in [-0.05, 0) is 48.4 Å². The Balaban J connectivity index is 1.51. The summed E-state index contributed by atoms with van der Waals surface area (Å²) in [4.78, 5) is 11.4. The van der Waals surface area contributed by atoms with Crippen molar-refractivity contribution in [2.75, 3.05) is 6.61 Å². The lowest BCUT2D eigenvalue weighted by Gasteiger charge is -2.43. The van der Waals surface area contributed by atoms with E-state index in [1.807, 2.05) is 30.4 Å². The Morgan fingerprint density at radius 2 is 1.97 bits per heavy atom. The lowest BCUT2D eigenvalue weighted by molar-refractivity contribution is -0.237. The summed E-state index contributed by atoms with van der Waals surface area (Å²) >= 11 is 6.46. The average molecular weight is 466 g/mol. The van der Waals surface area contributed by atoms with Gasteiger partial charge >= 0.3 is 0 Å². The smallest absolute Gasteiger partial charge is 0.258 e. The highest BCUT2D eigenvalue weighted by Crippen LogP contribution is 2.36. The van der Waals surface area contributed by atoms with Gasteiger partial charge in [0, 0.05) is 11.0 Å². The molecule has 1 amide bonds. The number of carbonyl (C=O) groups excluding carboxylic acids is 1. The highest BCUT2D eigenvalue weighted by molar-refractivity contribution is 6.32. The third-order valence-electron chi connectivity index (χ3n) is 6.42. The molecule has 6 N–H and O–H groups in total. The number of ether oxygens (including phenoxy) is 2. The van der Waals surface area contributed by atoms with Gasteiger partial charge in [-0.3, -0.25) is 4.79 Å². The molecule has 1 aromatic carbocycles. The van der Waals surface area contributed by atoms with Gasteiger partial charge in [0.05, 0.1) is 12.7 Å². The maximum absolute atomic E-state index is 11.4. The third-order valence-corrected chi connectivity index (χ3v) is 6.82. The van der Waals surface area contributed by atoms with Gasteiger partial charge in [0.15, 0.2) is 6.10 Å². The molecule has 2 aliphatic heterocycles. The molecule has 1 aromatic rings. The molecule has 9 heteroatoms. The van der Waals surface area contributed by atoms with Gasteiger partial charge in [0.1, 0.15) is 30.2 Å².